The van der Waals surface area contributed by atoms with Crippen molar-refractivity contribution in [2.75, 3.05) is 0 Å². The second-order valence-electron chi connectivity index (χ2n) is 5.45. The third kappa shape index (κ3) is 2.57. The first-order valence-electron chi connectivity index (χ1n) is 7.35. The minimum atomic E-state index is -0.0905. The van der Waals surface area contributed by atoms with Gasteiger partial charge in [-0.25, -0.2) is 4.40 Å². The molecule has 2 heterocycles. The molecule has 6 heteroatoms. The Labute approximate surface area is 150 Å². The molecule has 0 saturated carbocycles. The van der Waals surface area contributed by atoms with Gasteiger partial charge in [-0.05, 0) is 30.7 Å². The van der Waals surface area contributed by atoms with E-state index in [2.05, 4.69) is 26.1 Å². The smallest absolute Gasteiger partial charge is 0.267 e. The maximum absolute atomic E-state index is 12.8. The Morgan fingerprint density at radius 3 is 2.75 bits per heavy atom. The van der Waals surface area contributed by atoms with Gasteiger partial charge in [0.1, 0.15) is 0 Å². The summed E-state index contributed by atoms with van der Waals surface area (Å²) in [6.07, 6.45) is 1.88. The molecule has 0 unspecified atom stereocenters. The highest BCUT2D eigenvalue weighted by molar-refractivity contribution is 9.10. The molecule has 2 aromatic heterocycles. The monoisotopic (exact) mass is 397 g/mol. The SMILES string of the molecule is Cc1cccc(-c2nnc3s/c(=C\c4ccccc4Br)c(=O)n23)c1. The van der Waals surface area contributed by atoms with Crippen molar-refractivity contribution < 1.29 is 0 Å². The van der Waals surface area contributed by atoms with Crippen LogP contribution in [0, 0.1) is 6.92 Å². The summed E-state index contributed by atoms with van der Waals surface area (Å²) in [5, 5.41) is 8.36. The maximum Gasteiger partial charge on any atom is 0.276 e. The molecule has 2 aromatic carbocycles. The molecule has 0 amide bonds. The molecule has 0 aliphatic heterocycles. The fourth-order valence-corrected chi connectivity index (χ4v) is 3.87. The fourth-order valence-electron chi connectivity index (χ4n) is 2.57. The van der Waals surface area contributed by atoms with Gasteiger partial charge in [-0.15, -0.1) is 10.2 Å². The number of aryl methyl sites for hydroxylation is 1. The largest absolute Gasteiger partial charge is 0.276 e. The molecule has 0 aliphatic carbocycles. The highest BCUT2D eigenvalue weighted by Gasteiger charge is 2.14. The molecule has 0 N–H and O–H groups in total. The summed E-state index contributed by atoms with van der Waals surface area (Å²) >= 11 is 4.86. The number of halogens is 1. The Hall–Kier alpha value is -2.31. The van der Waals surface area contributed by atoms with Crippen LogP contribution in [0.3, 0.4) is 0 Å². The van der Waals surface area contributed by atoms with E-state index < -0.39 is 0 Å². The van der Waals surface area contributed by atoms with E-state index in [-0.39, 0.29) is 5.56 Å². The summed E-state index contributed by atoms with van der Waals surface area (Å²) in [4.78, 5) is 13.4. The zero-order valence-corrected chi connectivity index (χ0v) is 15.1. The van der Waals surface area contributed by atoms with Crippen molar-refractivity contribution in [2.24, 2.45) is 0 Å². The van der Waals surface area contributed by atoms with Gasteiger partial charge in [0.05, 0.1) is 4.53 Å². The number of nitrogens with zero attached hydrogens (tertiary/aromatic N) is 3. The Bertz CT molecular complexity index is 1160. The molecular weight excluding hydrogens is 386 g/mol. The predicted molar refractivity (Wildman–Crippen MR) is 100 cm³/mol. The standard InChI is InChI=1S/C18H12BrN3OS/c1-11-5-4-7-13(9-11)16-20-21-18-22(16)17(23)15(24-18)10-12-6-2-3-8-14(12)19/h2-10H,1H3/b15-10-. The van der Waals surface area contributed by atoms with Crippen molar-refractivity contribution in [3.8, 4) is 11.4 Å². The average Bonchev–Trinajstić information content (AvgIpc) is 3.11. The molecule has 4 nitrogen and oxygen atoms in total. The van der Waals surface area contributed by atoms with E-state index in [0.717, 1.165) is 21.2 Å². The third-order valence-electron chi connectivity index (χ3n) is 3.72. The molecule has 118 valence electrons. The lowest BCUT2D eigenvalue weighted by atomic mass is 10.1. The highest BCUT2D eigenvalue weighted by Crippen LogP contribution is 2.19. The second kappa shape index (κ2) is 5.96. The lowest BCUT2D eigenvalue weighted by Crippen LogP contribution is -2.23. The van der Waals surface area contributed by atoms with E-state index in [1.165, 1.54) is 11.3 Å². The molecule has 4 aromatic rings. The van der Waals surface area contributed by atoms with Crippen LogP contribution in [0.1, 0.15) is 11.1 Å². The zero-order valence-electron chi connectivity index (χ0n) is 12.7. The first kappa shape index (κ1) is 15.2. The van der Waals surface area contributed by atoms with Crippen LogP contribution in [0.5, 0.6) is 0 Å². The van der Waals surface area contributed by atoms with Gasteiger partial charge in [-0.2, -0.15) is 0 Å². The predicted octanol–water partition coefficient (Wildman–Crippen LogP) is 3.44. The normalized spacial score (nSPS) is 12.2. The van der Waals surface area contributed by atoms with E-state index in [1.807, 2.05) is 61.5 Å². The van der Waals surface area contributed by atoms with E-state index in [4.69, 9.17) is 0 Å². The lowest BCUT2D eigenvalue weighted by Gasteiger charge is -1.98. The van der Waals surface area contributed by atoms with Crippen LogP contribution in [-0.4, -0.2) is 14.6 Å². The topological polar surface area (TPSA) is 47.3 Å². The van der Waals surface area contributed by atoms with Gasteiger partial charge in [0.2, 0.25) is 4.96 Å². The van der Waals surface area contributed by atoms with Crippen LogP contribution < -0.4 is 10.1 Å². The fraction of sp³-hybridized carbons (Fsp3) is 0.0556. The van der Waals surface area contributed by atoms with Gasteiger partial charge in [-0.3, -0.25) is 4.79 Å². The molecule has 24 heavy (non-hydrogen) atoms. The number of rotatable bonds is 2. The van der Waals surface area contributed by atoms with Crippen molar-refractivity contribution >= 4 is 38.3 Å². The molecule has 0 bridgehead atoms. The molecule has 0 atom stereocenters. The summed E-state index contributed by atoms with van der Waals surface area (Å²) in [6.45, 7) is 2.01. The Morgan fingerprint density at radius 2 is 1.96 bits per heavy atom. The minimum Gasteiger partial charge on any atom is -0.267 e. The zero-order chi connectivity index (χ0) is 16.7. The van der Waals surface area contributed by atoms with Crippen molar-refractivity contribution in [1.29, 1.82) is 0 Å². The van der Waals surface area contributed by atoms with Gasteiger partial charge < -0.3 is 0 Å². The number of aromatic nitrogens is 3. The molecule has 0 fully saturated rings. The number of fused-ring (bicyclic) bond motifs is 1. The number of benzene rings is 2. The first-order valence-corrected chi connectivity index (χ1v) is 8.95. The third-order valence-corrected chi connectivity index (χ3v) is 5.40. The van der Waals surface area contributed by atoms with Gasteiger partial charge in [0.25, 0.3) is 5.56 Å². The Morgan fingerprint density at radius 1 is 1.12 bits per heavy atom. The highest BCUT2D eigenvalue weighted by atomic mass is 79.9. The summed E-state index contributed by atoms with van der Waals surface area (Å²) in [7, 11) is 0. The van der Waals surface area contributed by atoms with E-state index in [0.29, 0.717) is 15.3 Å². The summed E-state index contributed by atoms with van der Waals surface area (Å²) < 4.78 is 3.18. The number of thiazole rings is 1. The number of hydrogen-bond donors (Lipinski definition) is 0. The van der Waals surface area contributed by atoms with Crippen LogP contribution in [0.2, 0.25) is 0 Å². The van der Waals surface area contributed by atoms with Crippen LogP contribution in [-0.2, 0) is 0 Å². The molecule has 0 saturated heterocycles. The van der Waals surface area contributed by atoms with E-state index in [9.17, 15) is 4.79 Å². The summed E-state index contributed by atoms with van der Waals surface area (Å²) in [5.41, 5.74) is 2.88. The quantitative estimate of drug-likeness (QED) is 0.520. The summed E-state index contributed by atoms with van der Waals surface area (Å²) in [5.74, 6) is 0.585. The Balaban J connectivity index is 1.95. The van der Waals surface area contributed by atoms with Crippen LogP contribution in [0.15, 0.2) is 57.8 Å². The van der Waals surface area contributed by atoms with Gasteiger partial charge in [0.15, 0.2) is 5.82 Å². The molecular formula is C18H12BrN3OS. The van der Waals surface area contributed by atoms with Crippen LogP contribution in [0.4, 0.5) is 0 Å². The maximum atomic E-state index is 12.8. The average molecular weight is 398 g/mol. The van der Waals surface area contributed by atoms with Gasteiger partial charge in [-0.1, -0.05) is 69.2 Å². The van der Waals surface area contributed by atoms with Gasteiger partial charge >= 0.3 is 0 Å². The molecule has 0 radical (unpaired) electrons. The molecule has 0 spiro atoms. The minimum absolute atomic E-state index is 0.0905. The van der Waals surface area contributed by atoms with E-state index >= 15 is 0 Å². The molecule has 0 aliphatic rings. The molecule has 4 rings (SSSR count). The van der Waals surface area contributed by atoms with Crippen LogP contribution >= 0.6 is 27.3 Å². The number of hydrogen-bond acceptors (Lipinski definition) is 4. The second-order valence-corrected chi connectivity index (χ2v) is 7.31. The van der Waals surface area contributed by atoms with Crippen molar-refractivity contribution in [3.05, 3.63) is 79.0 Å². The van der Waals surface area contributed by atoms with Crippen molar-refractivity contribution in [1.82, 2.24) is 14.6 Å². The van der Waals surface area contributed by atoms with Gasteiger partial charge in [0, 0.05) is 10.0 Å². The first-order chi connectivity index (χ1) is 11.6. The summed E-state index contributed by atoms with van der Waals surface area (Å²) in [6, 6.07) is 15.7. The van der Waals surface area contributed by atoms with Crippen molar-refractivity contribution in [2.45, 2.75) is 6.92 Å². The lowest BCUT2D eigenvalue weighted by molar-refractivity contribution is 1.09. The Kier molecular flexibility index (Phi) is 3.78. The van der Waals surface area contributed by atoms with Crippen molar-refractivity contribution in [3.63, 3.8) is 0 Å². The van der Waals surface area contributed by atoms with Crippen LogP contribution in [0.25, 0.3) is 22.4 Å². The van der Waals surface area contributed by atoms with E-state index in [1.54, 1.807) is 4.40 Å².